The van der Waals surface area contributed by atoms with Crippen LogP contribution >= 0.6 is 0 Å². The third kappa shape index (κ3) is 3.45. The molecule has 0 saturated carbocycles. The zero-order chi connectivity index (χ0) is 13.0. The van der Waals surface area contributed by atoms with Crippen LogP contribution in [0.25, 0.3) is 0 Å². The lowest BCUT2D eigenvalue weighted by atomic mass is 10.3. The Morgan fingerprint density at radius 1 is 1.53 bits per heavy atom. The Morgan fingerprint density at radius 2 is 2.18 bits per heavy atom. The summed E-state index contributed by atoms with van der Waals surface area (Å²) in [7, 11) is 0. The summed E-state index contributed by atoms with van der Waals surface area (Å²) in [6.45, 7) is 3.81. The highest BCUT2D eigenvalue weighted by atomic mass is 19.3. The number of rotatable bonds is 6. The second kappa shape index (κ2) is 5.67. The molecule has 6 nitrogen and oxygen atoms in total. The summed E-state index contributed by atoms with van der Waals surface area (Å²) in [5.74, 6) is -1.52. The molecule has 1 N–H and O–H groups in total. The standard InChI is InChI=1S/C9H13F2N3O3/c1-5(2)17-4-3-14-7(8(10)11)6(9(15)16)12-13-14/h5,8H,3-4H2,1-2H3,(H,15,16). The number of aromatic carboxylic acids is 1. The number of carboxylic acid groups (broad SMARTS) is 1. The van der Waals surface area contributed by atoms with Crippen molar-refractivity contribution in [2.45, 2.75) is 32.9 Å². The quantitative estimate of drug-likeness (QED) is 0.823. The van der Waals surface area contributed by atoms with Crippen LogP contribution in [-0.4, -0.2) is 38.8 Å². The number of hydrogen-bond donors (Lipinski definition) is 1. The van der Waals surface area contributed by atoms with E-state index in [4.69, 9.17) is 9.84 Å². The Kier molecular flexibility index (Phi) is 4.50. The van der Waals surface area contributed by atoms with E-state index in [1.807, 2.05) is 0 Å². The lowest BCUT2D eigenvalue weighted by Crippen LogP contribution is -2.15. The number of carboxylic acids is 1. The summed E-state index contributed by atoms with van der Waals surface area (Å²) >= 11 is 0. The van der Waals surface area contributed by atoms with E-state index in [9.17, 15) is 13.6 Å². The third-order valence-corrected chi connectivity index (χ3v) is 1.94. The minimum atomic E-state index is -2.94. The Hall–Kier alpha value is -1.57. The third-order valence-electron chi connectivity index (χ3n) is 1.94. The first kappa shape index (κ1) is 13.5. The molecule has 1 rings (SSSR count). The molecule has 8 heteroatoms. The smallest absolute Gasteiger partial charge is 0.358 e. The highest BCUT2D eigenvalue weighted by Crippen LogP contribution is 2.21. The Labute approximate surface area is 96.2 Å². The van der Waals surface area contributed by atoms with Gasteiger partial charge in [-0.2, -0.15) is 0 Å². The molecule has 1 aromatic rings. The molecule has 0 atom stereocenters. The molecule has 0 aliphatic heterocycles. The van der Waals surface area contributed by atoms with Crippen molar-refractivity contribution in [2.24, 2.45) is 0 Å². The van der Waals surface area contributed by atoms with Gasteiger partial charge in [0.15, 0.2) is 5.69 Å². The molecule has 0 aromatic carbocycles. The van der Waals surface area contributed by atoms with E-state index >= 15 is 0 Å². The van der Waals surface area contributed by atoms with Gasteiger partial charge in [0.25, 0.3) is 6.43 Å². The number of nitrogens with zero attached hydrogens (tertiary/aromatic N) is 3. The van der Waals surface area contributed by atoms with Crippen LogP contribution in [0.5, 0.6) is 0 Å². The topological polar surface area (TPSA) is 77.2 Å². The molecule has 0 unspecified atom stereocenters. The van der Waals surface area contributed by atoms with Crippen molar-refractivity contribution >= 4 is 5.97 Å². The summed E-state index contributed by atoms with van der Waals surface area (Å²) in [5, 5.41) is 15.3. The van der Waals surface area contributed by atoms with Gasteiger partial charge in [-0.3, -0.25) is 0 Å². The number of aromatic nitrogens is 3. The molecular formula is C9H13F2N3O3. The van der Waals surface area contributed by atoms with Crippen LogP contribution in [0.3, 0.4) is 0 Å². The SMILES string of the molecule is CC(C)OCCn1nnc(C(=O)O)c1C(F)F. The van der Waals surface area contributed by atoms with Gasteiger partial charge in [0, 0.05) is 0 Å². The Morgan fingerprint density at radius 3 is 2.65 bits per heavy atom. The number of carbonyl (C=O) groups is 1. The van der Waals surface area contributed by atoms with Gasteiger partial charge >= 0.3 is 5.97 Å². The van der Waals surface area contributed by atoms with Crippen molar-refractivity contribution in [1.29, 1.82) is 0 Å². The second-order valence-electron chi connectivity index (χ2n) is 3.57. The maximum Gasteiger partial charge on any atom is 0.358 e. The van der Waals surface area contributed by atoms with Crippen LogP contribution in [0.15, 0.2) is 0 Å². The minimum absolute atomic E-state index is 0.0348. The second-order valence-corrected chi connectivity index (χ2v) is 3.57. The van der Waals surface area contributed by atoms with E-state index in [0.29, 0.717) is 0 Å². The van der Waals surface area contributed by atoms with Crippen molar-refractivity contribution in [3.05, 3.63) is 11.4 Å². The van der Waals surface area contributed by atoms with E-state index in [-0.39, 0.29) is 19.3 Å². The number of alkyl halides is 2. The van der Waals surface area contributed by atoms with Crippen LogP contribution in [0, 0.1) is 0 Å². The van der Waals surface area contributed by atoms with Crippen LogP contribution in [0.4, 0.5) is 8.78 Å². The normalized spacial score (nSPS) is 11.4. The number of halogens is 2. The van der Waals surface area contributed by atoms with Crippen LogP contribution in [-0.2, 0) is 11.3 Å². The average molecular weight is 249 g/mol. The van der Waals surface area contributed by atoms with Gasteiger partial charge in [-0.1, -0.05) is 5.21 Å². The molecule has 0 saturated heterocycles. The highest BCUT2D eigenvalue weighted by Gasteiger charge is 2.25. The van der Waals surface area contributed by atoms with Crippen molar-refractivity contribution in [3.8, 4) is 0 Å². The van der Waals surface area contributed by atoms with Crippen molar-refractivity contribution < 1.29 is 23.4 Å². The van der Waals surface area contributed by atoms with Crippen LogP contribution in [0.1, 0.15) is 36.5 Å². The molecule has 0 radical (unpaired) electrons. The molecule has 0 aliphatic rings. The molecule has 0 bridgehead atoms. The molecular weight excluding hydrogens is 236 g/mol. The van der Waals surface area contributed by atoms with E-state index in [0.717, 1.165) is 4.68 Å². The Bertz CT molecular complexity index is 393. The maximum absolute atomic E-state index is 12.7. The lowest BCUT2D eigenvalue weighted by molar-refractivity contribution is 0.0641. The zero-order valence-corrected chi connectivity index (χ0v) is 9.43. The first-order valence-electron chi connectivity index (χ1n) is 5.00. The predicted molar refractivity (Wildman–Crippen MR) is 53.0 cm³/mol. The lowest BCUT2D eigenvalue weighted by Gasteiger charge is -2.09. The molecule has 0 spiro atoms. The fourth-order valence-electron chi connectivity index (χ4n) is 1.23. The largest absolute Gasteiger partial charge is 0.476 e. The van der Waals surface area contributed by atoms with Gasteiger partial charge in [-0.05, 0) is 13.8 Å². The average Bonchev–Trinajstić information content (AvgIpc) is 2.61. The van der Waals surface area contributed by atoms with E-state index in [1.165, 1.54) is 0 Å². The summed E-state index contributed by atoms with van der Waals surface area (Å²) < 4.78 is 31.4. The molecule has 1 aromatic heterocycles. The monoisotopic (exact) mass is 249 g/mol. The van der Waals surface area contributed by atoms with Gasteiger partial charge in [-0.25, -0.2) is 18.3 Å². The molecule has 0 amide bonds. The molecule has 0 aliphatic carbocycles. The summed E-state index contributed by atoms with van der Waals surface area (Å²) in [5.41, 5.74) is -1.41. The number of hydrogen-bond acceptors (Lipinski definition) is 4. The fourth-order valence-corrected chi connectivity index (χ4v) is 1.23. The van der Waals surface area contributed by atoms with E-state index in [1.54, 1.807) is 13.8 Å². The minimum Gasteiger partial charge on any atom is -0.476 e. The van der Waals surface area contributed by atoms with Gasteiger partial charge < -0.3 is 9.84 Å². The Balaban J connectivity index is 2.81. The van der Waals surface area contributed by atoms with Gasteiger partial charge in [0.2, 0.25) is 0 Å². The highest BCUT2D eigenvalue weighted by molar-refractivity contribution is 5.86. The van der Waals surface area contributed by atoms with Crippen LogP contribution < -0.4 is 0 Å². The number of ether oxygens (including phenoxy) is 1. The first-order chi connectivity index (χ1) is 7.93. The van der Waals surface area contributed by atoms with Crippen molar-refractivity contribution in [3.63, 3.8) is 0 Å². The molecule has 17 heavy (non-hydrogen) atoms. The predicted octanol–water partition coefficient (Wildman–Crippen LogP) is 1.34. The van der Waals surface area contributed by atoms with Crippen molar-refractivity contribution in [2.75, 3.05) is 6.61 Å². The van der Waals surface area contributed by atoms with Gasteiger partial charge in [0.05, 0.1) is 19.3 Å². The summed E-state index contributed by atoms with van der Waals surface area (Å²) in [6, 6.07) is 0. The van der Waals surface area contributed by atoms with Crippen molar-refractivity contribution in [1.82, 2.24) is 15.0 Å². The van der Waals surface area contributed by atoms with E-state index < -0.39 is 23.8 Å². The van der Waals surface area contributed by atoms with Gasteiger partial charge in [0.1, 0.15) is 5.69 Å². The molecule has 1 heterocycles. The molecule has 0 fully saturated rings. The van der Waals surface area contributed by atoms with Gasteiger partial charge in [-0.15, -0.1) is 5.10 Å². The zero-order valence-electron chi connectivity index (χ0n) is 9.43. The first-order valence-corrected chi connectivity index (χ1v) is 5.00. The summed E-state index contributed by atoms with van der Waals surface area (Å²) in [4.78, 5) is 10.6. The van der Waals surface area contributed by atoms with E-state index in [2.05, 4.69) is 10.3 Å². The van der Waals surface area contributed by atoms with Crippen LogP contribution in [0.2, 0.25) is 0 Å². The molecule has 96 valence electrons. The maximum atomic E-state index is 12.7. The summed E-state index contributed by atoms with van der Waals surface area (Å²) in [6.07, 6.45) is -2.97. The fraction of sp³-hybridized carbons (Fsp3) is 0.667.